The molecule has 0 radical (unpaired) electrons. The highest BCUT2D eigenvalue weighted by atomic mass is 16.7. The van der Waals surface area contributed by atoms with Crippen LogP contribution in [0.25, 0.3) is 0 Å². The van der Waals surface area contributed by atoms with Gasteiger partial charge in [-0.2, -0.15) is 0 Å². The second-order valence-electron chi connectivity index (χ2n) is 27.9. The molecule has 0 aliphatic carbocycles. The average molecular weight is 1420 g/mol. The van der Waals surface area contributed by atoms with E-state index in [0.29, 0.717) is 17.4 Å². The number of aliphatic carboxylic acids is 1. The Bertz CT molecular complexity index is 2460. The van der Waals surface area contributed by atoms with E-state index in [1.165, 1.54) is 122 Å². The van der Waals surface area contributed by atoms with Crippen molar-refractivity contribution >= 4 is 17.9 Å². The molecule has 9 nitrogen and oxygen atoms in total. The zero-order chi connectivity index (χ0) is 74.6. The number of quaternary nitrogens is 1. The number of nitrogens with zero attached hydrogens (tertiary/aromatic N) is 1. The predicted octanol–water partition coefficient (Wildman–Crippen LogP) is 25.7. The summed E-state index contributed by atoms with van der Waals surface area (Å²) in [7, 11) is 5.92. The van der Waals surface area contributed by atoms with Gasteiger partial charge in [0.05, 0.1) is 40.3 Å². The van der Waals surface area contributed by atoms with Crippen LogP contribution in [0.2, 0.25) is 0 Å². The molecule has 103 heavy (non-hydrogen) atoms. The topological polar surface area (TPSA) is 111 Å². The van der Waals surface area contributed by atoms with Crippen LogP contribution in [-0.4, -0.2) is 82.3 Å². The standard InChI is InChI=1S/C94H151NO8/c1-6-8-10-12-14-16-18-20-22-24-26-28-30-32-34-36-38-40-42-44-45-46-47-49-51-53-55-57-59-61-63-65-67-69-71-73-75-77-79-81-83-85-92(97)103-90(89-102-94(93(98)99)100-87-86-95(3,4)5)88-101-91(96)84-82-80-78-76-74-72-70-68-66-64-62-60-58-56-54-52-50-48-43-41-39-37-35-33-31-29-27-25-23-21-19-17-15-13-11-9-7-2/h8-11,14-17,20-23,26-29,32-35,38,40,44-45,47,49,53,55,59,61,65,67,71,73,90,94H,6-7,12-13,18-19,24-25,30-31,36-37,39,41-43,46,48,50-52,54,56-58,60,62-64,66,68-70,72,74-89H2,1-5H3/b10-8-,11-9-,16-14-,17-15-,22-20-,23-21-,28-26-,29-27-,34-32-,35-33-,40-38-,45-44-,49-47-,55-53-,61-59-,67-65-,73-71-. The molecule has 0 aromatic heterocycles. The highest BCUT2D eigenvalue weighted by Crippen LogP contribution is 2.17. The van der Waals surface area contributed by atoms with Crippen LogP contribution < -0.4 is 5.11 Å². The van der Waals surface area contributed by atoms with Crippen molar-refractivity contribution in [2.24, 2.45) is 0 Å². The lowest BCUT2D eigenvalue weighted by Crippen LogP contribution is -2.44. The number of esters is 2. The molecule has 2 atom stereocenters. The number of unbranched alkanes of at least 4 members (excludes halogenated alkanes) is 25. The Morgan fingerprint density at radius 2 is 0.524 bits per heavy atom. The largest absolute Gasteiger partial charge is 0.545 e. The summed E-state index contributed by atoms with van der Waals surface area (Å²) >= 11 is 0. The predicted molar refractivity (Wildman–Crippen MR) is 444 cm³/mol. The second-order valence-corrected chi connectivity index (χ2v) is 27.9. The molecule has 0 amide bonds. The molecule has 580 valence electrons. The maximum atomic E-state index is 13.0. The van der Waals surface area contributed by atoms with E-state index in [1.54, 1.807) is 0 Å². The van der Waals surface area contributed by atoms with Gasteiger partial charge in [-0.25, -0.2) is 0 Å². The summed E-state index contributed by atoms with van der Waals surface area (Å²) in [5, 5.41) is 11.9. The van der Waals surface area contributed by atoms with Crippen LogP contribution in [0, 0.1) is 0 Å². The quantitative estimate of drug-likeness (QED) is 0.0195. The third kappa shape index (κ3) is 83.0. The van der Waals surface area contributed by atoms with Gasteiger partial charge in [0.1, 0.15) is 13.2 Å². The summed E-state index contributed by atoms with van der Waals surface area (Å²) in [6.45, 7) is 4.49. The van der Waals surface area contributed by atoms with E-state index < -0.39 is 24.3 Å². The van der Waals surface area contributed by atoms with Crippen molar-refractivity contribution in [1.82, 2.24) is 0 Å². The number of rotatable bonds is 74. The summed E-state index contributed by atoms with van der Waals surface area (Å²) < 4.78 is 22.8. The zero-order valence-corrected chi connectivity index (χ0v) is 66.4. The molecule has 0 aromatic carbocycles. The molecule has 0 heterocycles. The van der Waals surface area contributed by atoms with Gasteiger partial charge < -0.3 is 33.3 Å². The van der Waals surface area contributed by atoms with Crippen LogP contribution in [0.4, 0.5) is 0 Å². The lowest BCUT2D eigenvalue weighted by molar-refractivity contribution is -0.870. The maximum Gasteiger partial charge on any atom is 0.306 e. The molecule has 0 aliphatic heterocycles. The van der Waals surface area contributed by atoms with E-state index in [9.17, 15) is 19.5 Å². The first-order chi connectivity index (χ1) is 50.6. The lowest BCUT2D eigenvalue weighted by atomic mass is 10.0. The number of likely N-dealkylation sites (N-methyl/N-ethyl adjacent to an activating group) is 1. The van der Waals surface area contributed by atoms with Crippen molar-refractivity contribution in [3.05, 3.63) is 207 Å². The highest BCUT2D eigenvalue weighted by Gasteiger charge is 2.22. The molecule has 0 spiro atoms. The Morgan fingerprint density at radius 1 is 0.291 bits per heavy atom. The highest BCUT2D eigenvalue weighted by molar-refractivity contribution is 5.70. The van der Waals surface area contributed by atoms with E-state index >= 15 is 0 Å². The molecule has 0 saturated carbocycles. The number of ether oxygens (including phenoxy) is 4. The van der Waals surface area contributed by atoms with Crippen LogP contribution in [0.3, 0.4) is 0 Å². The van der Waals surface area contributed by atoms with Crippen molar-refractivity contribution < 1.29 is 42.9 Å². The first kappa shape index (κ1) is 96.9. The van der Waals surface area contributed by atoms with Crippen LogP contribution in [-0.2, 0) is 33.3 Å². The Kier molecular flexibility index (Phi) is 76.7. The number of carboxylic acid groups (broad SMARTS) is 1. The fourth-order valence-electron chi connectivity index (χ4n) is 10.8. The van der Waals surface area contributed by atoms with Crippen LogP contribution in [0.5, 0.6) is 0 Å². The van der Waals surface area contributed by atoms with E-state index in [2.05, 4.69) is 220 Å². The zero-order valence-electron chi connectivity index (χ0n) is 66.4. The molecular weight excluding hydrogens is 1270 g/mol. The van der Waals surface area contributed by atoms with Gasteiger partial charge in [-0.15, -0.1) is 0 Å². The van der Waals surface area contributed by atoms with Crippen molar-refractivity contribution in [2.75, 3.05) is 47.5 Å². The molecule has 0 fully saturated rings. The van der Waals surface area contributed by atoms with Gasteiger partial charge >= 0.3 is 11.9 Å². The minimum Gasteiger partial charge on any atom is -0.545 e. The second kappa shape index (κ2) is 81.5. The van der Waals surface area contributed by atoms with E-state index in [1.807, 2.05) is 21.1 Å². The fourth-order valence-corrected chi connectivity index (χ4v) is 10.8. The first-order valence-electron chi connectivity index (χ1n) is 41.2. The monoisotopic (exact) mass is 1420 g/mol. The Balaban J connectivity index is 4.13. The number of carbonyl (C=O) groups is 3. The van der Waals surface area contributed by atoms with Gasteiger partial charge in [-0.05, 0) is 148 Å². The van der Waals surface area contributed by atoms with Crippen LogP contribution >= 0.6 is 0 Å². The summed E-state index contributed by atoms with van der Waals surface area (Å²) in [6, 6.07) is 0. The normalized spacial score (nSPS) is 13.8. The van der Waals surface area contributed by atoms with Gasteiger partial charge in [0.15, 0.2) is 12.4 Å². The van der Waals surface area contributed by atoms with Crippen molar-refractivity contribution in [3.8, 4) is 0 Å². The SMILES string of the molecule is CC/C=C\C/C=C\C/C=C\C/C=C\C/C=C\C/C=C\C/C=C\C/C=C\C/C=C\C/C=C\C/C=C\C/C=C\CCCCCCC(=O)OC(COC(=O)CCCCCCCCCCCCCCCCCCCCCCC/C=C\C/C=C\C/C=C\C/C=C\C/C=C\CC)COC(OCC[N+](C)(C)C)C(=O)[O-]. The first-order valence-corrected chi connectivity index (χ1v) is 41.2. The summed E-state index contributed by atoms with van der Waals surface area (Å²) in [5.41, 5.74) is 0. The van der Waals surface area contributed by atoms with Crippen molar-refractivity contribution in [1.29, 1.82) is 0 Å². The lowest BCUT2D eigenvalue weighted by Gasteiger charge is -2.26. The van der Waals surface area contributed by atoms with E-state index in [-0.39, 0.29) is 38.6 Å². The van der Waals surface area contributed by atoms with E-state index in [4.69, 9.17) is 18.9 Å². The number of hydrogen-bond acceptors (Lipinski definition) is 8. The van der Waals surface area contributed by atoms with Gasteiger partial charge in [-0.3, -0.25) is 9.59 Å². The fraction of sp³-hybridized carbons (Fsp3) is 0.606. The smallest absolute Gasteiger partial charge is 0.306 e. The number of hydrogen-bond donors (Lipinski definition) is 0. The van der Waals surface area contributed by atoms with Gasteiger partial charge in [0.2, 0.25) is 0 Å². The Hall–Kier alpha value is -6.13. The van der Waals surface area contributed by atoms with Crippen LogP contribution in [0.1, 0.15) is 309 Å². The molecule has 0 aromatic rings. The Labute approximate surface area is 633 Å². The van der Waals surface area contributed by atoms with Gasteiger partial charge in [-0.1, -0.05) is 355 Å². The maximum absolute atomic E-state index is 13.0. The van der Waals surface area contributed by atoms with Gasteiger partial charge in [0, 0.05) is 12.8 Å². The van der Waals surface area contributed by atoms with Crippen LogP contribution in [0.15, 0.2) is 207 Å². The van der Waals surface area contributed by atoms with Crippen molar-refractivity contribution in [3.63, 3.8) is 0 Å². The number of carbonyl (C=O) groups excluding carboxylic acids is 3. The molecule has 9 heteroatoms. The third-order valence-electron chi connectivity index (χ3n) is 17.0. The summed E-state index contributed by atoms with van der Waals surface area (Å²) in [6.07, 6.45) is 124. The molecule has 0 bridgehead atoms. The average Bonchev–Trinajstić information content (AvgIpc) is 1.01. The van der Waals surface area contributed by atoms with E-state index in [0.717, 1.165) is 154 Å². The molecule has 0 aliphatic rings. The van der Waals surface area contributed by atoms with Gasteiger partial charge in [0.25, 0.3) is 0 Å². The minimum absolute atomic E-state index is 0.134. The molecular formula is C94H151NO8. The Morgan fingerprint density at radius 3 is 0.777 bits per heavy atom. The third-order valence-corrected chi connectivity index (χ3v) is 17.0. The number of allylic oxidation sites excluding steroid dienone is 34. The summed E-state index contributed by atoms with van der Waals surface area (Å²) in [5.74, 6) is -2.33. The minimum atomic E-state index is -1.64. The van der Waals surface area contributed by atoms with Crippen molar-refractivity contribution in [2.45, 2.75) is 322 Å². The summed E-state index contributed by atoms with van der Waals surface area (Å²) in [4.78, 5) is 37.6. The molecule has 0 saturated heterocycles. The molecule has 0 rings (SSSR count). The number of carboxylic acids is 1. The molecule has 0 N–H and O–H groups in total. The molecule has 2 unspecified atom stereocenters.